The van der Waals surface area contributed by atoms with Crippen molar-refractivity contribution in [1.29, 1.82) is 0 Å². The van der Waals surface area contributed by atoms with E-state index in [9.17, 15) is 14.4 Å². The molecule has 3 amide bonds. The van der Waals surface area contributed by atoms with Crippen LogP contribution in [0.5, 0.6) is 11.5 Å². The third-order valence-corrected chi connectivity index (χ3v) is 5.06. The number of carbonyl (C=O) groups excluding carboxylic acids is 3. The Kier molecular flexibility index (Phi) is 5.56. The second-order valence-electron chi connectivity index (χ2n) is 7.26. The molecule has 1 unspecified atom stereocenters. The first-order valence-electron chi connectivity index (χ1n) is 9.94. The molecular formula is C22H23N3O5. The number of hydrogen-bond donors (Lipinski definition) is 2. The van der Waals surface area contributed by atoms with Gasteiger partial charge in [-0.3, -0.25) is 19.8 Å². The molecule has 1 fully saturated rings. The van der Waals surface area contributed by atoms with Crippen LogP contribution >= 0.6 is 0 Å². The highest BCUT2D eigenvalue weighted by Gasteiger charge is 2.24. The molecular weight excluding hydrogens is 386 g/mol. The summed E-state index contributed by atoms with van der Waals surface area (Å²) in [7, 11) is 0. The lowest BCUT2D eigenvalue weighted by Crippen LogP contribution is -2.50. The lowest BCUT2D eigenvalue weighted by molar-refractivity contribution is -0.130. The minimum absolute atomic E-state index is 0.168. The zero-order chi connectivity index (χ0) is 21.1. The summed E-state index contributed by atoms with van der Waals surface area (Å²) in [5.41, 5.74) is 4.41. The van der Waals surface area contributed by atoms with Crippen LogP contribution in [0.1, 0.15) is 48.1 Å². The van der Waals surface area contributed by atoms with E-state index >= 15 is 0 Å². The van der Waals surface area contributed by atoms with Crippen LogP contribution in [0.25, 0.3) is 0 Å². The molecule has 0 radical (unpaired) electrons. The molecule has 2 aliphatic heterocycles. The number of nitrogens with zero attached hydrogens (tertiary/aromatic N) is 1. The van der Waals surface area contributed by atoms with Crippen LogP contribution in [0.15, 0.2) is 42.5 Å². The topological polar surface area (TPSA) is 97.0 Å². The van der Waals surface area contributed by atoms with Gasteiger partial charge in [0.15, 0.2) is 11.5 Å². The van der Waals surface area contributed by atoms with Crippen molar-refractivity contribution in [3.8, 4) is 11.5 Å². The van der Waals surface area contributed by atoms with E-state index < -0.39 is 0 Å². The van der Waals surface area contributed by atoms with E-state index in [0.29, 0.717) is 36.0 Å². The Balaban J connectivity index is 1.43. The number of hydrogen-bond acceptors (Lipinski definition) is 5. The number of amides is 3. The van der Waals surface area contributed by atoms with E-state index in [0.717, 1.165) is 12.0 Å². The molecule has 2 aromatic carbocycles. The third-order valence-electron chi connectivity index (χ3n) is 5.06. The monoisotopic (exact) mass is 409 g/mol. The van der Waals surface area contributed by atoms with Gasteiger partial charge in [0.2, 0.25) is 11.8 Å². The van der Waals surface area contributed by atoms with Crippen molar-refractivity contribution in [3.05, 3.63) is 53.6 Å². The van der Waals surface area contributed by atoms with Crippen molar-refractivity contribution in [1.82, 2.24) is 10.7 Å². The van der Waals surface area contributed by atoms with Gasteiger partial charge in [-0.1, -0.05) is 6.07 Å². The standard InChI is InChI=1S/C22H23N3O5/c1-14(16-5-8-18-19(13-16)30-12-2-11-29-18)23-22(28)15-3-6-17(7-4-15)25-21(27)10-9-20(26)24-25/h3-8,13-14H,2,9-12H2,1H3,(H,23,28)(H,24,26). The summed E-state index contributed by atoms with van der Waals surface area (Å²) in [6, 6.07) is 11.9. The largest absolute Gasteiger partial charge is 0.490 e. The molecule has 4 rings (SSSR count). The number of carbonyl (C=O) groups is 3. The molecule has 2 aliphatic rings. The molecule has 1 atom stereocenters. The van der Waals surface area contributed by atoms with Gasteiger partial charge in [-0.25, -0.2) is 5.01 Å². The predicted molar refractivity (Wildman–Crippen MR) is 109 cm³/mol. The van der Waals surface area contributed by atoms with Gasteiger partial charge in [0, 0.05) is 24.8 Å². The molecule has 8 heteroatoms. The van der Waals surface area contributed by atoms with Crippen LogP contribution in [0, 0.1) is 0 Å². The predicted octanol–water partition coefficient (Wildman–Crippen LogP) is 2.50. The highest BCUT2D eigenvalue weighted by Crippen LogP contribution is 2.32. The summed E-state index contributed by atoms with van der Waals surface area (Å²) in [5, 5.41) is 4.18. The van der Waals surface area contributed by atoms with E-state index in [1.165, 1.54) is 5.01 Å². The van der Waals surface area contributed by atoms with Crippen LogP contribution in [0.2, 0.25) is 0 Å². The van der Waals surface area contributed by atoms with Crippen molar-refractivity contribution in [2.45, 2.75) is 32.2 Å². The number of fused-ring (bicyclic) bond motifs is 1. The van der Waals surface area contributed by atoms with Crippen molar-refractivity contribution in [2.75, 3.05) is 18.2 Å². The first-order valence-corrected chi connectivity index (χ1v) is 9.94. The van der Waals surface area contributed by atoms with Gasteiger partial charge < -0.3 is 14.8 Å². The molecule has 0 bridgehead atoms. The van der Waals surface area contributed by atoms with Gasteiger partial charge in [0.25, 0.3) is 5.91 Å². The normalized spacial score (nSPS) is 17.0. The quantitative estimate of drug-likeness (QED) is 0.809. The fourth-order valence-corrected chi connectivity index (χ4v) is 3.36. The first-order chi connectivity index (χ1) is 14.5. The van der Waals surface area contributed by atoms with E-state index in [4.69, 9.17) is 9.47 Å². The second-order valence-corrected chi connectivity index (χ2v) is 7.26. The summed E-state index contributed by atoms with van der Waals surface area (Å²) in [5.74, 6) is 0.763. The van der Waals surface area contributed by atoms with Crippen LogP contribution in [0.4, 0.5) is 5.69 Å². The number of nitrogens with one attached hydrogen (secondary N) is 2. The molecule has 2 aromatic rings. The van der Waals surface area contributed by atoms with E-state index in [1.807, 2.05) is 25.1 Å². The van der Waals surface area contributed by atoms with E-state index in [2.05, 4.69) is 10.7 Å². The summed E-state index contributed by atoms with van der Waals surface area (Å²) in [6.07, 6.45) is 1.19. The van der Waals surface area contributed by atoms with Crippen LogP contribution < -0.4 is 25.2 Å². The summed E-state index contributed by atoms with van der Waals surface area (Å²) >= 11 is 0. The maximum Gasteiger partial charge on any atom is 0.251 e. The lowest BCUT2D eigenvalue weighted by Gasteiger charge is -2.27. The minimum atomic E-state index is -0.241. The number of hydrazine groups is 1. The molecule has 0 aromatic heterocycles. The number of benzene rings is 2. The Morgan fingerprint density at radius 2 is 1.77 bits per heavy atom. The molecule has 1 saturated heterocycles. The Morgan fingerprint density at radius 3 is 2.53 bits per heavy atom. The number of anilines is 1. The average Bonchev–Trinajstić information content (AvgIpc) is 3.00. The summed E-state index contributed by atoms with van der Waals surface area (Å²) in [6.45, 7) is 3.12. The fourth-order valence-electron chi connectivity index (χ4n) is 3.36. The average molecular weight is 409 g/mol. The Labute approximate surface area is 174 Å². The summed E-state index contributed by atoms with van der Waals surface area (Å²) < 4.78 is 11.4. The zero-order valence-corrected chi connectivity index (χ0v) is 16.6. The first kappa shape index (κ1) is 19.8. The minimum Gasteiger partial charge on any atom is -0.490 e. The van der Waals surface area contributed by atoms with Crippen LogP contribution in [-0.4, -0.2) is 30.9 Å². The van der Waals surface area contributed by atoms with Crippen LogP contribution in [-0.2, 0) is 9.59 Å². The molecule has 0 saturated carbocycles. The van der Waals surface area contributed by atoms with Crippen molar-refractivity contribution < 1.29 is 23.9 Å². The Hall–Kier alpha value is -3.55. The van der Waals surface area contributed by atoms with Gasteiger partial charge in [0.1, 0.15) is 0 Å². The number of ether oxygens (including phenoxy) is 2. The molecule has 0 aliphatic carbocycles. The molecule has 0 spiro atoms. The zero-order valence-electron chi connectivity index (χ0n) is 16.6. The molecule has 30 heavy (non-hydrogen) atoms. The third kappa shape index (κ3) is 4.22. The second kappa shape index (κ2) is 8.44. The van der Waals surface area contributed by atoms with Gasteiger partial charge in [-0.2, -0.15) is 0 Å². The van der Waals surface area contributed by atoms with E-state index in [-0.39, 0.29) is 36.6 Å². The highest BCUT2D eigenvalue weighted by atomic mass is 16.5. The van der Waals surface area contributed by atoms with E-state index in [1.54, 1.807) is 24.3 Å². The van der Waals surface area contributed by atoms with Crippen molar-refractivity contribution in [3.63, 3.8) is 0 Å². The van der Waals surface area contributed by atoms with Crippen LogP contribution in [0.3, 0.4) is 0 Å². The lowest BCUT2D eigenvalue weighted by atomic mass is 10.1. The van der Waals surface area contributed by atoms with Gasteiger partial charge in [0.05, 0.1) is 24.9 Å². The number of rotatable bonds is 4. The van der Waals surface area contributed by atoms with Gasteiger partial charge in [-0.15, -0.1) is 0 Å². The maximum absolute atomic E-state index is 12.7. The van der Waals surface area contributed by atoms with Crippen molar-refractivity contribution >= 4 is 23.4 Å². The fraction of sp³-hybridized carbons (Fsp3) is 0.318. The Morgan fingerprint density at radius 1 is 1.03 bits per heavy atom. The summed E-state index contributed by atoms with van der Waals surface area (Å²) in [4.78, 5) is 36.2. The Bertz CT molecular complexity index is 973. The smallest absolute Gasteiger partial charge is 0.251 e. The molecule has 156 valence electrons. The van der Waals surface area contributed by atoms with Gasteiger partial charge >= 0.3 is 0 Å². The highest BCUT2D eigenvalue weighted by molar-refractivity contribution is 6.01. The SMILES string of the molecule is CC(NC(=O)c1ccc(N2NC(=O)CCC2=O)cc1)c1ccc2c(c1)OCCCO2. The molecule has 2 heterocycles. The maximum atomic E-state index is 12.7. The van der Waals surface area contributed by atoms with Gasteiger partial charge in [-0.05, 0) is 48.9 Å². The molecule has 2 N–H and O–H groups in total. The van der Waals surface area contributed by atoms with Crippen molar-refractivity contribution in [2.24, 2.45) is 0 Å². The molecule has 8 nitrogen and oxygen atoms in total.